The number of rotatable bonds is 8. The maximum atomic E-state index is 11.3. The van der Waals surface area contributed by atoms with Crippen LogP contribution in [0.1, 0.15) is 19.3 Å². The minimum atomic E-state index is -0.141. The van der Waals surface area contributed by atoms with E-state index in [0.717, 1.165) is 19.3 Å². The van der Waals surface area contributed by atoms with E-state index in [1.807, 2.05) is 0 Å². The lowest BCUT2D eigenvalue weighted by Gasteiger charge is -2.06. The van der Waals surface area contributed by atoms with Crippen LogP contribution in [-0.2, 0) is 4.79 Å². The Balaban J connectivity index is 2.05. The molecule has 2 N–H and O–H groups in total. The van der Waals surface area contributed by atoms with E-state index in [0.29, 0.717) is 12.3 Å². The normalized spacial score (nSPS) is 9.94. The SMILES string of the molecule is O=C(COc1cccnc1)NCCCCCO. The number of hydrogen-bond acceptors (Lipinski definition) is 4. The number of aromatic nitrogens is 1. The molecular formula is C12H18N2O3. The number of nitrogens with zero attached hydrogens (tertiary/aromatic N) is 1. The van der Waals surface area contributed by atoms with Crippen LogP contribution in [0.4, 0.5) is 0 Å². The second kappa shape index (κ2) is 8.52. The Kier molecular flexibility index (Phi) is 6.74. The molecule has 1 aromatic rings. The van der Waals surface area contributed by atoms with Crippen molar-refractivity contribution in [1.29, 1.82) is 0 Å². The van der Waals surface area contributed by atoms with E-state index in [9.17, 15) is 4.79 Å². The van der Waals surface area contributed by atoms with Crippen LogP contribution in [0.5, 0.6) is 5.75 Å². The van der Waals surface area contributed by atoms with Gasteiger partial charge in [-0.3, -0.25) is 9.78 Å². The average molecular weight is 238 g/mol. The van der Waals surface area contributed by atoms with E-state index in [4.69, 9.17) is 9.84 Å². The van der Waals surface area contributed by atoms with Crippen molar-refractivity contribution in [1.82, 2.24) is 10.3 Å². The highest BCUT2D eigenvalue weighted by Gasteiger charge is 2.01. The van der Waals surface area contributed by atoms with Crippen molar-refractivity contribution < 1.29 is 14.6 Å². The van der Waals surface area contributed by atoms with Crippen molar-refractivity contribution in [2.45, 2.75) is 19.3 Å². The summed E-state index contributed by atoms with van der Waals surface area (Å²) >= 11 is 0. The first-order chi connectivity index (χ1) is 8.33. The molecule has 5 nitrogen and oxygen atoms in total. The van der Waals surface area contributed by atoms with Crippen molar-refractivity contribution in [2.75, 3.05) is 19.8 Å². The summed E-state index contributed by atoms with van der Waals surface area (Å²) < 4.78 is 5.23. The molecular weight excluding hydrogens is 220 g/mol. The third-order valence-corrected chi connectivity index (χ3v) is 2.16. The van der Waals surface area contributed by atoms with Crippen LogP contribution >= 0.6 is 0 Å². The van der Waals surface area contributed by atoms with E-state index < -0.39 is 0 Å². The molecule has 5 heteroatoms. The topological polar surface area (TPSA) is 71.5 Å². The van der Waals surface area contributed by atoms with Crippen LogP contribution < -0.4 is 10.1 Å². The first kappa shape index (κ1) is 13.4. The van der Waals surface area contributed by atoms with Gasteiger partial charge in [0.1, 0.15) is 5.75 Å². The smallest absolute Gasteiger partial charge is 0.257 e. The minimum Gasteiger partial charge on any atom is -0.482 e. The van der Waals surface area contributed by atoms with Gasteiger partial charge in [0.15, 0.2) is 6.61 Å². The van der Waals surface area contributed by atoms with E-state index >= 15 is 0 Å². The molecule has 1 amide bonds. The molecule has 0 unspecified atom stereocenters. The lowest BCUT2D eigenvalue weighted by Crippen LogP contribution is -2.29. The molecule has 0 radical (unpaired) electrons. The van der Waals surface area contributed by atoms with Gasteiger partial charge in [-0.05, 0) is 31.4 Å². The van der Waals surface area contributed by atoms with Gasteiger partial charge in [0.25, 0.3) is 5.91 Å². The summed E-state index contributed by atoms with van der Waals surface area (Å²) in [6, 6.07) is 3.50. The molecule has 0 aromatic carbocycles. The Morgan fingerprint density at radius 2 is 2.29 bits per heavy atom. The number of carbonyl (C=O) groups excluding carboxylic acids is 1. The predicted molar refractivity (Wildman–Crippen MR) is 63.7 cm³/mol. The van der Waals surface area contributed by atoms with Gasteiger partial charge >= 0.3 is 0 Å². The van der Waals surface area contributed by atoms with E-state index in [2.05, 4.69) is 10.3 Å². The summed E-state index contributed by atoms with van der Waals surface area (Å²) in [7, 11) is 0. The van der Waals surface area contributed by atoms with Crippen molar-refractivity contribution in [3.63, 3.8) is 0 Å². The number of hydrogen-bond donors (Lipinski definition) is 2. The highest BCUT2D eigenvalue weighted by atomic mass is 16.5. The van der Waals surface area contributed by atoms with Crippen molar-refractivity contribution >= 4 is 5.91 Å². The van der Waals surface area contributed by atoms with Crippen LogP contribution in [-0.4, -0.2) is 35.8 Å². The lowest BCUT2D eigenvalue weighted by atomic mass is 10.2. The largest absolute Gasteiger partial charge is 0.482 e. The van der Waals surface area contributed by atoms with Crippen molar-refractivity contribution in [3.05, 3.63) is 24.5 Å². The third kappa shape index (κ3) is 6.52. The maximum absolute atomic E-state index is 11.3. The van der Waals surface area contributed by atoms with Crippen LogP contribution in [0.2, 0.25) is 0 Å². The van der Waals surface area contributed by atoms with Crippen molar-refractivity contribution in [3.8, 4) is 5.75 Å². The molecule has 1 aromatic heterocycles. The number of ether oxygens (including phenoxy) is 1. The first-order valence-electron chi connectivity index (χ1n) is 5.73. The van der Waals surface area contributed by atoms with Gasteiger partial charge in [0.2, 0.25) is 0 Å². The van der Waals surface area contributed by atoms with E-state index in [-0.39, 0.29) is 19.1 Å². The molecule has 94 valence electrons. The number of aliphatic hydroxyl groups excluding tert-OH is 1. The average Bonchev–Trinajstić information content (AvgIpc) is 2.37. The molecule has 1 heterocycles. The number of carbonyl (C=O) groups is 1. The van der Waals surface area contributed by atoms with Gasteiger partial charge in [-0.15, -0.1) is 0 Å². The van der Waals surface area contributed by atoms with Crippen LogP contribution in [0, 0.1) is 0 Å². The Morgan fingerprint density at radius 3 is 3.00 bits per heavy atom. The second-order valence-corrected chi connectivity index (χ2v) is 3.61. The molecule has 0 bridgehead atoms. The zero-order valence-electron chi connectivity index (χ0n) is 9.76. The molecule has 0 atom stereocenters. The predicted octanol–water partition coefficient (Wildman–Crippen LogP) is 0.739. The number of amides is 1. The molecule has 0 saturated heterocycles. The summed E-state index contributed by atoms with van der Waals surface area (Å²) in [6.07, 6.45) is 5.78. The standard InChI is InChI=1S/C12H18N2O3/c15-8-3-1-2-7-14-12(16)10-17-11-5-4-6-13-9-11/h4-6,9,15H,1-3,7-8,10H2,(H,14,16). The van der Waals surface area contributed by atoms with Gasteiger partial charge in [-0.2, -0.15) is 0 Å². The molecule has 0 aliphatic carbocycles. The Labute approximate surface area is 101 Å². The van der Waals surface area contributed by atoms with Crippen LogP contribution in [0.15, 0.2) is 24.5 Å². The van der Waals surface area contributed by atoms with Gasteiger partial charge in [-0.1, -0.05) is 0 Å². The van der Waals surface area contributed by atoms with Gasteiger partial charge in [-0.25, -0.2) is 0 Å². The number of aliphatic hydroxyl groups is 1. The monoisotopic (exact) mass is 238 g/mol. The summed E-state index contributed by atoms with van der Waals surface area (Å²) in [5, 5.41) is 11.3. The lowest BCUT2D eigenvalue weighted by molar-refractivity contribution is -0.123. The molecule has 0 aliphatic heterocycles. The number of pyridine rings is 1. The first-order valence-corrected chi connectivity index (χ1v) is 5.73. The Bertz CT molecular complexity index is 317. The molecule has 0 fully saturated rings. The maximum Gasteiger partial charge on any atom is 0.257 e. The van der Waals surface area contributed by atoms with Gasteiger partial charge in [0, 0.05) is 19.3 Å². The quantitative estimate of drug-likeness (QED) is 0.655. The Hall–Kier alpha value is -1.62. The van der Waals surface area contributed by atoms with Crippen LogP contribution in [0.3, 0.4) is 0 Å². The zero-order valence-corrected chi connectivity index (χ0v) is 9.76. The fourth-order valence-electron chi connectivity index (χ4n) is 1.27. The fourth-order valence-corrected chi connectivity index (χ4v) is 1.27. The number of unbranched alkanes of at least 4 members (excludes halogenated alkanes) is 2. The second-order valence-electron chi connectivity index (χ2n) is 3.61. The molecule has 17 heavy (non-hydrogen) atoms. The highest BCUT2D eigenvalue weighted by Crippen LogP contribution is 2.05. The molecule has 0 saturated carbocycles. The Morgan fingerprint density at radius 1 is 1.41 bits per heavy atom. The molecule has 0 spiro atoms. The molecule has 1 rings (SSSR count). The van der Waals surface area contributed by atoms with E-state index in [1.54, 1.807) is 24.5 Å². The fraction of sp³-hybridized carbons (Fsp3) is 0.500. The van der Waals surface area contributed by atoms with Gasteiger partial charge < -0.3 is 15.2 Å². The number of nitrogens with one attached hydrogen (secondary N) is 1. The molecule has 0 aliphatic rings. The summed E-state index contributed by atoms with van der Waals surface area (Å²) in [5.74, 6) is 0.445. The summed E-state index contributed by atoms with van der Waals surface area (Å²) in [6.45, 7) is 0.832. The third-order valence-electron chi connectivity index (χ3n) is 2.16. The minimum absolute atomic E-state index is 0.00565. The van der Waals surface area contributed by atoms with E-state index in [1.165, 1.54) is 0 Å². The van der Waals surface area contributed by atoms with Gasteiger partial charge in [0.05, 0.1) is 6.20 Å². The van der Waals surface area contributed by atoms with Crippen LogP contribution in [0.25, 0.3) is 0 Å². The zero-order chi connectivity index (χ0) is 12.3. The summed E-state index contributed by atoms with van der Waals surface area (Å²) in [5.41, 5.74) is 0. The summed E-state index contributed by atoms with van der Waals surface area (Å²) in [4.78, 5) is 15.2. The van der Waals surface area contributed by atoms with Crippen molar-refractivity contribution in [2.24, 2.45) is 0 Å². The highest BCUT2D eigenvalue weighted by molar-refractivity contribution is 5.77.